The van der Waals surface area contributed by atoms with Gasteiger partial charge in [0.1, 0.15) is 0 Å². The summed E-state index contributed by atoms with van der Waals surface area (Å²) in [6, 6.07) is 7.05. The fourth-order valence-corrected chi connectivity index (χ4v) is 3.95. The van der Waals surface area contributed by atoms with Crippen LogP contribution in [0.4, 0.5) is 0 Å². The van der Waals surface area contributed by atoms with Crippen LogP contribution in [0.15, 0.2) is 59.3 Å². The van der Waals surface area contributed by atoms with E-state index >= 15 is 0 Å². The van der Waals surface area contributed by atoms with Crippen molar-refractivity contribution in [3.8, 4) is 0 Å². The number of ketones is 1. The summed E-state index contributed by atoms with van der Waals surface area (Å²) in [6.07, 6.45) is 7.35. The fraction of sp³-hybridized carbons (Fsp3) is 0.375. The molecule has 1 heterocycles. The predicted octanol–water partition coefficient (Wildman–Crippen LogP) is 3.97. The molecule has 31 heavy (non-hydrogen) atoms. The van der Waals surface area contributed by atoms with Crippen molar-refractivity contribution in [2.24, 2.45) is 0 Å². The number of benzene rings is 1. The molecule has 1 atom stereocenters. The molecular weight excluding hydrogens is 418 g/mol. The van der Waals surface area contributed by atoms with Gasteiger partial charge in [-0.2, -0.15) is 0 Å². The lowest BCUT2D eigenvalue weighted by molar-refractivity contribution is -0.144. The molecule has 2 aliphatic rings. The third-order valence-corrected chi connectivity index (χ3v) is 5.74. The molecule has 7 heteroatoms. The molecular formula is C24H26ClNO5. The number of hydrogen-bond donors (Lipinski definition) is 0. The number of ether oxygens (including phenoxy) is 2. The van der Waals surface area contributed by atoms with Gasteiger partial charge < -0.3 is 14.4 Å². The summed E-state index contributed by atoms with van der Waals surface area (Å²) in [4.78, 5) is 39.8. The lowest BCUT2D eigenvalue weighted by Gasteiger charge is -2.34. The van der Waals surface area contributed by atoms with Crippen LogP contribution in [-0.4, -0.2) is 49.4 Å². The second kappa shape index (κ2) is 10.6. The summed E-state index contributed by atoms with van der Waals surface area (Å²) in [5.41, 5.74) is 2.24. The smallest absolute Gasteiger partial charge is 0.336 e. The van der Waals surface area contributed by atoms with Crippen molar-refractivity contribution < 1.29 is 23.9 Å². The van der Waals surface area contributed by atoms with Crippen molar-refractivity contribution in [1.29, 1.82) is 0 Å². The van der Waals surface area contributed by atoms with E-state index in [1.165, 1.54) is 0 Å². The highest BCUT2D eigenvalue weighted by Crippen LogP contribution is 2.37. The van der Waals surface area contributed by atoms with Crippen LogP contribution in [-0.2, 0) is 23.9 Å². The van der Waals surface area contributed by atoms with Crippen LogP contribution < -0.4 is 0 Å². The lowest BCUT2D eigenvalue weighted by Crippen LogP contribution is -2.40. The Kier molecular flexibility index (Phi) is 7.82. The van der Waals surface area contributed by atoms with Crippen LogP contribution in [0.2, 0.25) is 5.02 Å². The van der Waals surface area contributed by atoms with E-state index in [4.69, 9.17) is 21.1 Å². The minimum absolute atomic E-state index is 0.0976. The molecule has 0 radical (unpaired) electrons. The van der Waals surface area contributed by atoms with E-state index in [-0.39, 0.29) is 24.7 Å². The monoisotopic (exact) mass is 443 g/mol. The van der Waals surface area contributed by atoms with Crippen LogP contribution >= 0.6 is 11.6 Å². The van der Waals surface area contributed by atoms with Gasteiger partial charge in [0.2, 0.25) is 5.91 Å². The van der Waals surface area contributed by atoms with Gasteiger partial charge >= 0.3 is 5.97 Å². The highest BCUT2D eigenvalue weighted by molar-refractivity contribution is 6.30. The van der Waals surface area contributed by atoms with Crippen molar-refractivity contribution in [3.05, 3.63) is 69.9 Å². The SMILES string of the molecule is COCCN1C(=O)CC(c2ccc(Cl)cc2)C(C(=O)OCC(=O)C2=CCCC=C2)=C1C. The van der Waals surface area contributed by atoms with Crippen LogP contribution in [0.25, 0.3) is 0 Å². The normalized spacial score (nSPS) is 18.8. The summed E-state index contributed by atoms with van der Waals surface area (Å²) in [5, 5.41) is 0.567. The molecule has 1 aromatic rings. The van der Waals surface area contributed by atoms with Crippen molar-refractivity contribution in [1.82, 2.24) is 4.90 Å². The molecule has 6 nitrogen and oxygen atoms in total. The zero-order valence-corrected chi connectivity index (χ0v) is 18.5. The molecule has 0 aromatic heterocycles. The maximum absolute atomic E-state index is 13.1. The molecule has 1 aliphatic carbocycles. The van der Waals surface area contributed by atoms with Crippen molar-refractivity contribution in [3.63, 3.8) is 0 Å². The number of amides is 1. The third kappa shape index (κ3) is 5.51. The topological polar surface area (TPSA) is 72.9 Å². The average molecular weight is 444 g/mol. The van der Waals surface area contributed by atoms with E-state index in [1.807, 2.05) is 12.2 Å². The Hall–Kier alpha value is -2.70. The van der Waals surface area contributed by atoms with Gasteiger partial charge in [-0.05, 0) is 37.5 Å². The maximum Gasteiger partial charge on any atom is 0.336 e. The average Bonchev–Trinajstić information content (AvgIpc) is 2.78. The molecule has 3 rings (SSSR count). The Morgan fingerprint density at radius 2 is 1.94 bits per heavy atom. The van der Waals surface area contributed by atoms with Crippen LogP contribution in [0, 0.1) is 0 Å². The molecule has 1 amide bonds. The van der Waals surface area contributed by atoms with Crippen molar-refractivity contribution >= 4 is 29.3 Å². The standard InChI is InChI=1S/C24H26ClNO5/c1-16-23(24(29)31-15-21(27)18-6-4-3-5-7-18)20(17-8-10-19(25)11-9-17)14-22(28)26(16)12-13-30-2/h4,6-11,20H,3,5,12-15H2,1-2H3. The van der Waals surface area contributed by atoms with Crippen LogP contribution in [0.5, 0.6) is 0 Å². The first-order valence-corrected chi connectivity index (χ1v) is 10.6. The largest absolute Gasteiger partial charge is 0.454 e. The van der Waals surface area contributed by atoms with E-state index in [1.54, 1.807) is 49.3 Å². The number of methoxy groups -OCH3 is 1. The number of Topliss-reactive ketones (excluding diaryl/α,β-unsaturated/α-hetero) is 1. The quantitative estimate of drug-likeness (QED) is 0.568. The Bertz CT molecular complexity index is 945. The number of hydrogen-bond acceptors (Lipinski definition) is 5. The second-order valence-corrected chi connectivity index (χ2v) is 7.92. The Morgan fingerprint density at radius 1 is 1.19 bits per heavy atom. The number of carbonyl (C=O) groups excluding carboxylic acids is 3. The Balaban J connectivity index is 1.86. The number of allylic oxidation sites excluding steroid dienone is 4. The van der Waals surface area contributed by atoms with Crippen LogP contribution in [0.1, 0.15) is 37.7 Å². The first kappa shape index (κ1) is 23.0. The molecule has 164 valence electrons. The van der Waals surface area contributed by atoms with Crippen molar-refractivity contribution in [2.45, 2.75) is 32.1 Å². The molecule has 0 spiro atoms. The first-order valence-electron chi connectivity index (χ1n) is 10.2. The maximum atomic E-state index is 13.1. The van der Waals surface area contributed by atoms with Gasteiger partial charge in [-0.25, -0.2) is 4.79 Å². The number of carbonyl (C=O) groups is 3. The fourth-order valence-electron chi connectivity index (χ4n) is 3.83. The lowest BCUT2D eigenvalue weighted by atomic mass is 9.83. The number of esters is 1. The summed E-state index contributed by atoms with van der Waals surface area (Å²) >= 11 is 6.00. The molecule has 0 fully saturated rings. The molecule has 0 saturated heterocycles. The van der Waals surface area contributed by atoms with E-state index < -0.39 is 11.9 Å². The highest BCUT2D eigenvalue weighted by atomic mass is 35.5. The van der Waals surface area contributed by atoms with Crippen molar-refractivity contribution in [2.75, 3.05) is 26.9 Å². The van der Waals surface area contributed by atoms with E-state index in [9.17, 15) is 14.4 Å². The third-order valence-electron chi connectivity index (χ3n) is 5.49. The summed E-state index contributed by atoms with van der Waals surface area (Å²) in [5.74, 6) is -1.41. The summed E-state index contributed by atoms with van der Waals surface area (Å²) < 4.78 is 10.5. The van der Waals surface area contributed by atoms with Gasteiger partial charge in [0.15, 0.2) is 12.4 Å². The predicted molar refractivity (Wildman–Crippen MR) is 118 cm³/mol. The van der Waals surface area contributed by atoms with Gasteiger partial charge in [0.05, 0.1) is 12.2 Å². The number of rotatable bonds is 8. The molecule has 1 unspecified atom stereocenters. The Labute approximate surface area is 187 Å². The zero-order chi connectivity index (χ0) is 22.4. The molecule has 0 N–H and O–H groups in total. The zero-order valence-electron chi connectivity index (χ0n) is 17.7. The molecule has 0 saturated carbocycles. The van der Waals surface area contributed by atoms with Gasteiger partial charge in [-0.1, -0.05) is 42.0 Å². The van der Waals surface area contributed by atoms with Gasteiger partial charge in [-0.15, -0.1) is 0 Å². The van der Waals surface area contributed by atoms with Gasteiger partial charge in [0.25, 0.3) is 0 Å². The number of halogens is 1. The van der Waals surface area contributed by atoms with E-state index in [2.05, 4.69) is 0 Å². The van der Waals surface area contributed by atoms with Gasteiger partial charge in [0, 0.05) is 42.3 Å². The number of nitrogens with zero attached hydrogens (tertiary/aromatic N) is 1. The molecule has 1 aromatic carbocycles. The van der Waals surface area contributed by atoms with E-state index in [0.717, 1.165) is 18.4 Å². The summed E-state index contributed by atoms with van der Waals surface area (Å²) in [7, 11) is 1.55. The second-order valence-electron chi connectivity index (χ2n) is 7.48. The highest BCUT2D eigenvalue weighted by Gasteiger charge is 2.37. The summed E-state index contributed by atoms with van der Waals surface area (Å²) in [6.45, 7) is 2.06. The van der Waals surface area contributed by atoms with Gasteiger partial charge in [-0.3, -0.25) is 9.59 Å². The van der Waals surface area contributed by atoms with Crippen LogP contribution in [0.3, 0.4) is 0 Å². The van der Waals surface area contributed by atoms with E-state index in [0.29, 0.717) is 35.0 Å². The minimum Gasteiger partial charge on any atom is -0.454 e. The first-order chi connectivity index (χ1) is 14.9. The Morgan fingerprint density at radius 3 is 2.58 bits per heavy atom. The molecule has 0 bridgehead atoms. The molecule has 1 aliphatic heterocycles. The minimum atomic E-state index is -0.596.